The fraction of sp³-hybridized carbons (Fsp3) is 0.312. The average molecular weight is 321 g/mol. The molecule has 0 saturated heterocycles. The molecule has 2 aromatic rings. The third-order valence-electron chi connectivity index (χ3n) is 3.31. The van der Waals surface area contributed by atoms with Crippen molar-refractivity contribution in [2.75, 3.05) is 6.54 Å². The molecule has 0 atom stereocenters. The molecular formula is C16H17F2N3O2. The Labute approximate surface area is 132 Å². The van der Waals surface area contributed by atoms with Crippen molar-refractivity contribution < 1.29 is 18.7 Å². The van der Waals surface area contributed by atoms with Gasteiger partial charge < -0.3 is 5.11 Å². The van der Waals surface area contributed by atoms with Gasteiger partial charge in [0.1, 0.15) is 5.82 Å². The summed E-state index contributed by atoms with van der Waals surface area (Å²) in [4.78, 5) is 20.7. The molecule has 0 bridgehead atoms. The number of benzene rings is 1. The summed E-state index contributed by atoms with van der Waals surface area (Å²) in [6, 6.07) is 3.96. The molecule has 2 rings (SSSR count). The lowest BCUT2D eigenvalue weighted by Gasteiger charge is -2.22. The van der Waals surface area contributed by atoms with Crippen LogP contribution in [0.25, 0.3) is 0 Å². The van der Waals surface area contributed by atoms with Gasteiger partial charge in [0.2, 0.25) is 0 Å². The van der Waals surface area contributed by atoms with Crippen LogP contribution in [0.4, 0.5) is 8.78 Å². The van der Waals surface area contributed by atoms with Crippen LogP contribution in [-0.2, 0) is 17.9 Å². The Bertz CT molecular complexity index is 678. The van der Waals surface area contributed by atoms with E-state index >= 15 is 0 Å². The Kier molecular flexibility index (Phi) is 5.70. The molecule has 0 radical (unpaired) electrons. The van der Waals surface area contributed by atoms with E-state index in [0.29, 0.717) is 12.4 Å². The van der Waals surface area contributed by atoms with E-state index in [1.807, 2.05) is 0 Å². The van der Waals surface area contributed by atoms with Crippen LogP contribution in [0.5, 0.6) is 0 Å². The van der Waals surface area contributed by atoms with Gasteiger partial charge in [-0.2, -0.15) is 0 Å². The van der Waals surface area contributed by atoms with Crippen molar-refractivity contribution in [2.45, 2.75) is 26.4 Å². The molecule has 0 aliphatic carbocycles. The lowest BCUT2D eigenvalue weighted by Crippen LogP contribution is -2.26. The Hall–Kier alpha value is -2.41. The van der Waals surface area contributed by atoms with Crippen LogP contribution in [0.15, 0.2) is 30.6 Å². The zero-order chi connectivity index (χ0) is 16.8. The van der Waals surface area contributed by atoms with Gasteiger partial charge in [0.25, 0.3) is 0 Å². The average Bonchev–Trinajstić information content (AvgIpc) is 2.51. The number of halogens is 2. The second kappa shape index (κ2) is 7.73. The third kappa shape index (κ3) is 5.07. The summed E-state index contributed by atoms with van der Waals surface area (Å²) in [5, 5.41) is 8.84. The molecule has 0 amide bonds. The number of nitrogens with zero attached hydrogens (tertiary/aromatic N) is 3. The molecule has 1 aromatic heterocycles. The fourth-order valence-corrected chi connectivity index (χ4v) is 2.14. The van der Waals surface area contributed by atoms with Gasteiger partial charge in [0.05, 0.1) is 6.42 Å². The van der Waals surface area contributed by atoms with E-state index < -0.39 is 17.6 Å². The summed E-state index contributed by atoms with van der Waals surface area (Å²) in [6.45, 7) is 2.42. The number of aryl methyl sites for hydroxylation is 1. The lowest BCUT2D eigenvalue weighted by atomic mass is 10.1. The Morgan fingerprint density at radius 1 is 1.22 bits per heavy atom. The van der Waals surface area contributed by atoms with Gasteiger partial charge in [-0.1, -0.05) is 12.1 Å². The molecule has 7 heteroatoms. The molecular weight excluding hydrogens is 304 g/mol. The van der Waals surface area contributed by atoms with E-state index in [1.54, 1.807) is 24.2 Å². The Morgan fingerprint density at radius 2 is 1.91 bits per heavy atom. The van der Waals surface area contributed by atoms with Crippen molar-refractivity contribution in [1.29, 1.82) is 0 Å². The van der Waals surface area contributed by atoms with Crippen LogP contribution in [-0.4, -0.2) is 32.5 Å². The van der Waals surface area contributed by atoms with Crippen molar-refractivity contribution >= 4 is 5.97 Å². The van der Waals surface area contributed by atoms with Gasteiger partial charge in [0.15, 0.2) is 11.6 Å². The highest BCUT2D eigenvalue weighted by molar-refractivity contribution is 5.66. The molecule has 0 aliphatic heterocycles. The highest BCUT2D eigenvalue weighted by Gasteiger charge is 2.14. The van der Waals surface area contributed by atoms with Gasteiger partial charge in [-0.25, -0.2) is 18.7 Å². The smallest absolute Gasteiger partial charge is 0.304 e. The summed E-state index contributed by atoms with van der Waals surface area (Å²) in [5.74, 6) is -2.15. The third-order valence-corrected chi connectivity index (χ3v) is 3.31. The molecule has 122 valence electrons. The Balaban J connectivity index is 2.14. The predicted octanol–water partition coefficient (Wildman–Crippen LogP) is 2.54. The molecule has 1 heterocycles. The van der Waals surface area contributed by atoms with Crippen LogP contribution in [0.1, 0.15) is 23.4 Å². The van der Waals surface area contributed by atoms with Gasteiger partial charge in [0, 0.05) is 43.2 Å². The van der Waals surface area contributed by atoms with Crippen LogP contribution in [0, 0.1) is 18.6 Å². The quantitative estimate of drug-likeness (QED) is 0.849. The van der Waals surface area contributed by atoms with Crippen LogP contribution in [0.2, 0.25) is 0 Å². The van der Waals surface area contributed by atoms with E-state index in [4.69, 9.17) is 5.11 Å². The number of carboxylic acids is 1. The number of carbonyl (C=O) groups is 1. The topological polar surface area (TPSA) is 66.3 Å². The van der Waals surface area contributed by atoms with E-state index in [-0.39, 0.29) is 25.1 Å². The van der Waals surface area contributed by atoms with E-state index in [2.05, 4.69) is 9.97 Å². The minimum absolute atomic E-state index is 0.0936. The zero-order valence-corrected chi connectivity index (χ0v) is 12.7. The van der Waals surface area contributed by atoms with Crippen molar-refractivity contribution in [3.05, 3.63) is 59.2 Å². The Morgan fingerprint density at radius 3 is 2.57 bits per heavy atom. The van der Waals surface area contributed by atoms with E-state index in [9.17, 15) is 13.6 Å². The maximum atomic E-state index is 13.8. The molecule has 0 unspecified atom stereocenters. The van der Waals surface area contributed by atoms with Crippen molar-refractivity contribution in [3.63, 3.8) is 0 Å². The summed E-state index contributed by atoms with van der Waals surface area (Å²) < 4.78 is 27.1. The van der Waals surface area contributed by atoms with Gasteiger partial charge in [-0.05, 0) is 13.0 Å². The zero-order valence-electron chi connectivity index (χ0n) is 12.7. The maximum absolute atomic E-state index is 13.8. The van der Waals surface area contributed by atoms with E-state index in [1.165, 1.54) is 12.1 Å². The summed E-state index contributed by atoms with van der Waals surface area (Å²) in [5.41, 5.74) is 0.959. The fourth-order valence-electron chi connectivity index (χ4n) is 2.14. The van der Waals surface area contributed by atoms with Crippen LogP contribution in [0.3, 0.4) is 0 Å². The van der Waals surface area contributed by atoms with Crippen LogP contribution >= 0.6 is 0 Å². The molecule has 1 N–H and O–H groups in total. The largest absolute Gasteiger partial charge is 0.481 e. The normalized spacial score (nSPS) is 11.0. The molecule has 23 heavy (non-hydrogen) atoms. The first-order valence-electron chi connectivity index (χ1n) is 7.10. The number of carboxylic acid groups (broad SMARTS) is 1. The number of hydrogen-bond donors (Lipinski definition) is 1. The van der Waals surface area contributed by atoms with Gasteiger partial charge >= 0.3 is 5.97 Å². The minimum Gasteiger partial charge on any atom is -0.481 e. The predicted molar refractivity (Wildman–Crippen MR) is 79.5 cm³/mol. The second-order valence-corrected chi connectivity index (χ2v) is 5.21. The number of aromatic nitrogens is 2. The summed E-state index contributed by atoms with van der Waals surface area (Å²) in [6.07, 6.45) is 3.18. The SMILES string of the molecule is Cc1ncc(CN(CCC(=O)O)Cc2cccc(F)c2F)cn1. The molecule has 0 spiro atoms. The lowest BCUT2D eigenvalue weighted by molar-refractivity contribution is -0.137. The van der Waals surface area contributed by atoms with Crippen molar-refractivity contribution in [2.24, 2.45) is 0 Å². The van der Waals surface area contributed by atoms with Crippen molar-refractivity contribution in [1.82, 2.24) is 14.9 Å². The van der Waals surface area contributed by atoms with Crippen molar-refractivity contribution in [3.8, 4) is 0 Å². The molecule has 0 aliphatic rings. The number of hydrogen-bond acceptors (Lipinski definition) is 4. The van der Waals surface area contributed by atoms with E-state index in [0.717, 1.165) is 11.6 Å². The van der Waals surface area contributed by atoms with Crippen LogP contribution < -0.4 is 0 Å². The first kappa shape index (κ1) is 17.0. The number of aliphatic carboxylic acids is 1. The van der Waals surface area contributed by atoms with Gasteiger partial charge in [-0.15, -0.1) is 0 Å². The number of rotatable bonds is 7. The molecule has 0 saturated carbocycles. The molecule has 1 aromatic carbocycles. The second-order valence-electron chi connectivity index (χ2n) is 5.21. The first-order valence-corrected chi connectivity index (χ1v) is 7.10. The molecule has 0 fully saturated rings. The monoisotopic (exact) mass is 321 g/mol. The standard InChI is InChI=1S/C16H17F2N3O2/c1-11-19-7-12(8-20-11)9-21(6-5-15(22)23)10-13-3-2-4-14(17)16(13)18/h2-4,7-8H,5-6,9-10H2,1H3,(H,22,23). The molecule has 5 nitrogen and oxygen atoms in total. The highest BCUT2D eigenvalue weighted by atomic mass is 19.2. The highest BCUT2D eigenvalue weighted by Crippen LogP contribution is 2.15. The maximum Gasteiger partial charge on any atom is 0.304 e. The summed E-state index contributed by atoms with van der Waals surface area (Å²) in [7, 11) is 0. The van der Waals surface area contributed by atoms with Gasteiger partial charge in [-0.3, -0.25) is 9.69 Å². The summed E-state index contributed by atoms with van der Waals surface area (Å²) >= 11 is 0. The minimum atomic E-state index is -0.949. The first-order chi connectivity index (χ1) is 11.0.